The van der Waals surface area contributed by atoms with Crippen molar-refractivity contribution >= 4 is 74.2 Å². The SMILES string of the molecule is O=P(O)(O)CN(CP(=O)(O)O)CP(=O)(O)O.[K]. The summed E-state index contributed by atoms with van der Waals surface area (Å²) in [5.74, 6) is 0. The fraction of sp³-hybridized carbons (Fsp3) is 1.00. The minimum atomic E-state index is -4.65. The first-order chi connectivity index (χ1) is 6.79. The van der Waals surface area contributed by atoms with E-state index in [0.717, 1.165) is 0 Å². The first kappa shape index (κ1) is 21.3. The van der Waals surface area contributed by atoms with E-state index in [1.54, 1.807) is 0 Å². The Bertz CT molecular complexity index is 311. The molecule has 0 amide bonds. The molecule has 0 spiro atoms. The Morgan fingerprint density at radius 2 is 0.824 bits per heavy atom. The van der Waals surface area contributed by atoms with Crippen LogP contribution < -0.4 is 0 Å². The zero-order valence-corrected chi connectivity index (χ0v) is 14.6. The molecule has 17 heavy (non-hydrogen) atoms. The molecule has 0 atom stereocenters. The van der Waals surface area contributed by atoms with Crippen LogP contribution in [0.15, 0.2) is 0 Å². The monoisotopic (exact) mass is 338 g/mol. The van der Waals surface area contributed by atoms with Crippen LogP contribution in [-0.4, -0.2) is 105 Å². The molecule has 14 heteroatoms. The van der Waals surface area contributed by atoms with Crippen LogP contribution in [0.25, 0.3) is 0 Å². The van der Waals surface area contributed by atoms with E-state index in [-0.39, 0.29) is 51.4 Å². The van der Waals surface area contributed by atoms with Crippen LogP contribution in [0.1, 0.15) is 0 Å². The van der Waals surface area contributed by atoms with Crippen LogP contribution in [0, 0.1) is 0 Å². The molecule has 0 aliphatic carbocycles. The molecular formula is C3H12KNO9P3. The molecule has 1 radical (unpaired) electrons. The summed E-state index contributed by atoms with van der Waals surface area (Å²) in [6.07, 6.45) is -3.41. The standard InChI is InChI=1S/C3H12NO9P3.K/c5-14(6,7)1-4(2-15(8,9)10)3-16(11,12)13;/h1-3H2,(H2,5,6,7)(H2,8,9,10)(H2,11,12,13);. The molecule has 6 N–H and O–H groups in total. The van der Waals surface area contributed by atoms with Gasteiger partial charge in [0, 0.05) is 51.4 Å². The van der Waals surface area contributed by atoms with Crippen LogP contribution in [0.2, 0.25) is 0 Å². The van der Waals surface area contributed by atoms with E-state index >= 15 is 0 Å². The second kappa shape index (κ2) is 7.73. The second-order valence-electron chi connectivity index (χ2n) is 3.09. The van der Waals surface area contributed by atoms with E-state index in [9.17, 15) is 13.7 Å². The molecule has 0 unspecified atom stereocenters. The fourth-order valence-electron chi connectivity index (χ4n) is 0.916. The third kappa shape index (κ3) is 16.0. The molecule has 0 saturated heterocycles. The summed E-state index contributed by atoms with van der Waals surface area (Å²) in [6, 6.07) is 0. The number of hydrogen-bond donors (Lipinski definition) is 6. The molecule has 0 rings (SSSR count). The molecule has 0 aromatic rings. The van der Waals surface area contributed by atoms with Crippen LogP contribution in [0.4, 0.5) is 0 Å². The van der Waals surface area contributed by atoms with Gasteiger partial charge >= 0.3 is 22.8 Å². The second-order valence-corrected chi connectivity index (χ2v) is 7.93. The van der Waals surface area contributed by atoms with Crippen molar-refractivity contribution in [3.63, 3.8) is 0 Å². The zero-order valence-electron chi connectivity index (χ0n) is 8.82. The van der Waals surface area contributed by atoms with Crippen molar-refractivity contribution in [1.82, 2.24) is 4.90 Å². The van der Waals surface area contributed by atoms with Gasteiger partial charge in [-0.15, -0.1) is 0 Å². The minimum Gasteiger partial charge on any atom is -0.324 e. The summed E-state index contributed by atoms with van der Waals surface area (Å²) < 4.78 is 31.7. The molecule has 0 bridgehead atoms. The summed E-state index contributed by atoms with van der Waals surface area (Å²) in [6.45, 7) is 0. The molecular weight excluding hydrogens is 326 g/mol. The molecule has 0 saturated carbocycles. The first-order valence-corrected chi connectivity index (χ1v) is 9.04. The maximum atomic E-state index is 10.6. The smallest absolute Gasteiger partial charge is 0.324 e. The average molecular weight is 338 g/mol. The van der Waals surface area contributed by atoms with Gasteiger partial charge in [0.2, 0.25) is 0 Å². The number of hydrogen-bond acceptors (Lipinski definition) is 4. The van der Waals surface area contributed by atoms with Gasteiger partial charge in [0.15, 0.2) is 0 Å². The van der Waals surface area contributed by atoms with Crippen molar-refractivity contribution in [2.45, 2.75) is 0 Å². The van der Waals surface area contributed by atoms with E-state index in [2.05, 4.69) is 0 Å². The Kier molecular flexibility index (Phi) is 9.71. The third-order valence-electron chi connectivity index (χ3n) is 1.15. The topological polar surface area (TPSA) is 176 Å². The van der Waals surface area contributed by atoms with Gasteiger partial charge in [-0.1, -0.05) is 0 Å². The Morgan fingerprint density at radius 1 is 0.647 bits per heavy atom. The first-order valence-electron chi connectivity index (χ1n) is 3.65. The van der Waals surface area contributed by atoms with Crippen molar-refractivity contribution in [3.05, 3.63) is 0 Å². The van der Waals surface area contributed by atoms with Crippen LogP contribution in [0.3, 0.4) is 0 Å². The zero-order chi connectivity index (χ0) is 13.2. The van der Waals surface area contributed by atoms with E-state index < -0.39 is 41.6 Å². The number of nitrogens with zero attached hydrogens (tertiary/aromatic N) is 1. The Labute approximate surface area is 139 Å². The van der Waals surface area contributed by atoms with Crippen LogP contribution >= 0.6 is 22.8 Å². The van der Waals surface area contributed by atoms with E-state index in [1.807, 2.05) is 0 Å². The van der Waals surface area contributed by atoms with Gasteiger partial charge in [-0.3, -0.25) is 18.6 Å². The van der Waals surface area contributed by atoms with Gasteiger partial charge in [-0.05, 0) is 0 Å². The normalized spacial score (nSPS) is 13.6. The Hall–Kier alpha value is 2.05. The maximum absolute atomic E-state index is 10.6. The van der Waals surface area contributed by atoms with Crippen molar-refractivity contribution in [2.24, 2.45) is 0 Å². The van der Waals surface area contributed by atoms with Crippen molar-refractivity contribution in [1.29, 1.82) is 0 Å². The minimum absolute atomic E-state index is 0. The average Bonchev–Trinajstić information content (AvgIpc) is 1.70. The molecule has 0 aromatic carbocycles. The summed E-state index contributed by atoms with van der Waals surface area (Å²) >= 11 is 0. The van der Waals surface area contributed by atoms with E-state index in [4.69, 9.17) is 29.4 Å². The van der Waals surface area contributed by atoms with Crippen molar-refractivity contribution < 1.29 is 43.1 Å². The van der Waals surface area contributed by atoms with Gasteiger partial charge in [0.1, 0.15) is 18.9 Å². The van der Waals surface area contributed by atoms with E-state index in [0.29, 0.717) is 4.90 Å². The van der Waals surface area contributed by atoms with Crippen LogP contribution in [0.5, 0.6) is 0 Å². The fourth-order valence-corrected chi connectivity index (χ4v) is 3.55. The van der Waals surface area contributed by atoms with Gasteiger partial charge in [-0.25, -0.2) is 0 Å². The van der Waals surface area contributed by atoms with E-state index in [1.165, 1.54) is 0 Å². The molecule has 0 aromatic heterocycles. The predicted octanol–water partition coefficient (Wildman–Crippen LogP) is -1.69. The quantitative estimate of drug-likeness (QED) is 0.242. The van der Waals surface area contributed by atoms with Crippen molar-refractivity contribution in [2.75, 3.05) is 18.9 Å². The van der Waals surface area contributed by atoms with Crippen molar-refractivity contribution in [3.8, 4) is 0 Å². The number of rotatable bonds is 6. The van der Waals surface area contributed by atoms with Gasteiger partial charge in [0.05, 0.1) is 0 Å². The molecule has 99 valence electrons. The summed E-state index contributed by atoms with van der Waals surface area (Å²) in [5, 5.41) is 0. The predicted molar refractivity (Wildman–Crippen MR) is 58.3 cm³/mol. The summed E-state index contributed by atoms with van der Waals surface area (Å²) in [7, 11) is -14.0. The Balaban J connectivity index is 0. The molecule has 0 fully saturated rings. The van der Waals surface area contributed by atoms with Gasteiger partial charge in [-0.2, -0.15) is 0 Å². The van der Waals surface area contributed by atoms with Gasteiger partial charge < -0.3 is 29.4 Å². The molecule has 10 nitrogen and oxygen atoms in total. The molecule has 0 heterocycles. The molecule has 0 aliphatic rings. The Morgan fingerprint density at radius 3 is 0.941 bits per heavy atom. The largest absolute Gasteiger partial charge is 0.339 e. The summed E-state index contributed by atoms with van der Waals surface area (Å²) in [4.78, 5) is 51.6. The molecule has 0 aliphatic heterocycles. The van der Waals surface area contributed by atoms with Gasteiger partial charge in [0.25, 0.3) is 0 Å². The van der Waals surface area contributed by atoms with Crippen LogP contribution in [-0.2, 0) is 13.7 Å². The summed E-state index contributed by atoms with van der Waals surface area (Å²) in [5.41, 5.74) is 0. The maximum Gasteiger partial charge on any atom is 0.339 e. The third-order valence-corrected chi connectivity index (χ3v) is 3.46.